The maximum Gasteiger partial charge on any atom is 0.324 e. The Labute approximate surface area is 150 Å². The maximum atomic E-state index is 12.1. The van der Waals surface area contributed by atoms with E-state index >= 15 is 0 Å². The smallest absolute Gasteiger partial charge is 0.324 e. The summed E-state index contributed by atoms with van der Waals surface area (Å²) in [4.78, 5) is 20.9. The molecule has 2 amide bonds. The number of hydrogen-bond acceptors (Lipinski definition) is 4. The van der Waals surface area contributed by atoms with Gasteiger partial charge >= 0.3 is 6.03 Å². The van der Waals surface area contributed by atoms with Crippen LogP contribution in [0.3, 0.4) is 0 Å². The molecule has 0 radical (unpaired) electrons. The average molecular weight is 346 g/mol. The number of anilines is 1. The first-order valence-corrected chi connectivity index (χ1v) is 9.72. The molecule has 3 fully saturated rings. The zero-order valence-electron chi connectivity index (χ0n) is 15.3. The Balaban J connectivity index is 1.29. The Bertz CT molecular complexity index is 596. The SMILES string of the molecule is CN1CCN(c2cnn(C3CCN(CCN4CCCCC4)C3)c2)C1=O. The Morgan fingerprint density at radius 2 is 1.84 bits per heavy atom. The van der Waals surface area contributed by atoms with Crippen LogP contribution in [0.25, 0.3) is 0 Å². The first-order valence-electron chi connectivity index (χ1n) is 9.72. The molecule has 1 unspecified atom stereocenters. The largest absolute Gasteiger partial charge is 0.326 e. The number of aromatic nitrogens is 2. The van der Waals surface area contributed by atoms with Crippen LogP contribution in [0.4, 0.5) is 10.5 Å². The Morgan fingerprint density at radius 3 is 2.60 bits per heavy atom. The lowest BCUT2D eigenvalue weighted by Gasteiger charge is -2.28. The summed E-state index contributed by atoms with van der Waals surface area (Å²) in [6.45, 7) is 8.69. The Hall–Kier alpha value is -1.60. The summed E-state index contributed by atoms with van der Waals surface area (Å²) in [5.41, 5.74) is 0.932. The van der Waals surface area contributed by atoms with E-state index in [1.54, 1.807) is 4.90 Å². The Kier molecular flexibility index (Phi) is 4.94. The third kappa shape index (κ3) is 3.67. The molecule has 0 spiro atoms. The number of rotatable bonds is 5. The molecule has 4 rings (SSSR count). The van der Waals surface area contributed by atoms with Crippen LogP contribution in [0.15, 0.2) is 12.4 Å². The fourth-order valence-electron chi connectivity index (χ4n) is 4.25. The third-order valence-electron chi connectivity index (χ3n) is 5.92. The van der Waals surface area contributed by atoms with Crippen LogP contribution >= 0.6 is 0 Å². The molecule has 3 aliphatic rings. The van der Waals surface area contributed by atoms with Crippen LogP contribution in [-0.2, 0) is 0 Å². The van der Waals surface area contributed by atoms with Crippen molar-refractivity contribution in [3.05, 3.63) is 12.4 Å². The topological polar surface area (TPSA) is 47.9 Å². The molecule has 4 heterocycles. The van der Waals surface area contributed by atoms with Gasteiger partial charge in [0.1, 0.15) is 0 Å². The van der Waals surface area contributed by atoms with Gasteiger partial charge in [-0.05, 0) is 32.4 Å². The van der Waals surface area contributed by atoms with Gasteiger partial charge in [0, 0.05) is 52.5 Å². The van der Waals surface area contributed by atoms with Crippen molar-refractivity contribution in [2.24, 2.45) is 0 Å². The fraction of sp³-hybridized carbons (Fsp3) is 0.778. The second-order valence-corrected chi connectivity index (χ2v) is 7.68. The van der Waals surface area contributed by atoms with E-state index in [0.717, 1.165) is 38.3 Å². The van der Waals surface area contributed by atoms with Crippen molar-refractivity contribution in [1.29, 1.82) is 0 Å². The molecule has 0 aromatic carbocycles. The van der Waals surface area contributed by atoms with Crippen LogP contribution in [-0.4, -0.2) is 89.9 Å². The van der Waals surface area contributed by atoms with Gasteiger partial charge in [-0.2, -0.15) is 5.10 Å². The lowest BCUT2D eigenvalue weighted by atomic mass is 10.1. The summed E-state index contributed by atoms with van der Waals surface area (Å²) < 4.78 is 2.07. The van der Waals surface area contributed by atoms with Gasteiger partial charge in [0.2, 0.25) is 0 Å². The summed E-state index contributed by atoms with van der Waals surface area (Å²) in [7, 11) is 1.85. The number of piperidine rings is 1. The minimum Gasteiger partial charge on any atom is -0.326 e. The molecule has 0 bridgehead atoms. The minimum absolute atomic E-state index is 0.0779. The number of nitrogens with zero attached hydrogens (tertiary/aromatic N) is 6. The van der Waals surface area contributed by atoms with Gasteiger partial charge in [0.15, 0.2) is 0 Å². The molecule has 3 saturated heterocycles. The van der Waals surface area contributed by atoms with Crippen molar-refractivity contribution < 1.29 is 4.79 Å². The highest BCUT2D eigenvalue weighted by Gasteiger charge is 2.29. The first-order chi connectivity index (χ1) is 12.2. The molecule has 1 aromatic heterocycles. The van der Waals surface area contributed by atoms with Crippen molar-refractivity contribution in [2.75, 3.05) is 64.3 Å². The second kappa shape index (κ2) is 7.33. The summed E-state index contributed by atoms with van der Waals surface area (Å²) in [6, 6.07) is 0.514. The molecule has 7 heteroatoms. The number of likely N-dealkylation sites (N-methyl/N-ethyl adjacent to an activating group) is 1. The lowest BCUT2D eigenvalue weighted by Crippen LogP contribution is -2.37. The van der Waals surface area contributed by atoms with E-state index in [1.807, 2.05) is 18.1 Å². The molecule has 3 aliphatic heterocycles. The molecule has 0 N–H and O–H groups in total. The van der Waals surface area contributed by atoms with Crippen molar-refractivity contribution in [3.8, 4) is 0 Å². The molecule has 25 heavy (non-hydrogen) atoms. The quantitative estimate of drug-likeness (QED) is 0.810. The molecular weight excluding hydrogens is 316 g/mol. The van der Waals surface area contributed by atoms with E-state index in [4.69, 9.17) is 0 Å². The normalized spacial score (nSPS) is 26.1. The highest BCUT2D eigenvalue weighted by Crippen LogP contribution is 2.25. The molecule has 138 valence electrons. The maximum absolute atomic E-state index is 12.1. The summed E-state index contributed by atoms with van der Waals surface area (Å²) in [6.07, 6.45) is 9.17. The van der Waals surface area contributed by atoms with Crippen molar-refractivity contribution >= 4 is 11.7 Å². The lowest BCUT2D eigenvalue weighted by molar-refractivity contribution is 0.193. The predicted molar refractivity (Wildman–Crippen MR) is 98.0 cm³/mol. The number of carbonyl (C=O) groups is 1. The molecular formula is C18H30N6O. The minimum atomic E-state index is 0.0779. The third-order valence-corrected chi connectivity index (χ3v) is 5.92. The number of carbonyl (C=O) groups excluding carboxylic acids is 1. The van der Waals surface area contributed by atoms with Gasteiger partial charge in [-0.15, -0.1) is 0 Å². The number of amides is 2. The van der Waals surface area contributed by atoms with Crippen LogP contribution < -0.4 is 4.90 Å². The highest BCUT2D eigenvalue weighted by atomic mass is 16.2. The standard InChI is InChI=1S/C18H30N6O/c1-20-9-12-23(18(20)25)17-13-19-24(15-17)16-5-8-22(14-16)11-10-21-6-3-2-4-7-21/h13,15-16H,2-12,14H2,1H3. The van der Waals surface area contributed by atoms with E-state index < -0.39 is 0 Å². The number of urea groups is 1. The summed E-state index contributed by atoms with van der Waals surface area (Å²) in [5.74, 6) is 0. The van der Waals surface area contributed by atoms with Gasteiger partial charge < -0.3 is 9.80 Å². The van der Waals surface area contributed by atoms with Gasteiger partial charge in [-0.1, -0.05) is 6.42 Å². The van der Waals surface area contributed by atoms with Crippen molar-refractivity contribution in [1.82, 2.24) is 24.5 Å². The van der Waals surface area contributed by atoms with E-state index in [1.165, 1.54) is 45.4 Å². The van der Waals surface area contributed by atoms with Gasteiger partial charge in [-0.25, -0.2) is 4.79 Å². The van der Waals surface area contributed by atoms with E-state index in [2.05, 4.69) is 25.8 Å². The molecule has 7 nitrogen and oxygen atoms in total. The highest BCUT2D eigenvalue weighted by molar-refractivity contribution is 5.93. The van der Waals surface area contributed by atoms with E-state index in [-0.39, 0.29) is 6.03 Å². The van der Waals surface area contributed by atoms with Crippen LogP contribution in [0, 0.1) is 0 Å². The van der Waals surface area contributed by atoms with Crippen LogP contribution in [0.5, 0.6) is 0 Å². The van der Waals surface area contributed by atoms with Gasteiger partial charge in [-0.3, -0.25) is 14.5 Å². The molecule has 1 aromatic rings. The average Bonchev–Trinajstić information content (AvgIpc) is 3.35. The van der Waals surface area contributed by atoms with Crippen molar-refractivity contribution in [3.63, 3.8) is 0 Å². The molecule has 0 aliphatic carbocycles. The van der Waals surface area contributed by atoms with Crippen LogP contribution in [0.2, 0.25) is 0 Å². The van der Waals surface area contributed by atoms with Crippen LogP contribution in [0.1, 0.15) is 31.7 Å². The van der Waals surface area contributed by atoms with Crippen molar-refractivity contribution in [2.45, 2.75) is 31.7 Å². The Morgan fingerprint density at radius 1 is 1.04 bits per heavy atom. The molecule has 0 saturated carbocycles. The fourth-order valence-corrected chi connectivity index (χ4v) is 4.25. The number of likely N-dealkylation sites (tertiary alicyclic amines) is 2. The van der Waals surface area contributed by atoms with Gasteiger partial charge in [0.05, 0.1) is 17.9 Å². The zero-order chi connectivity index (χ0) is 17.2. The van der Waals surface area contributed by atoms with Gasteiger partial charge in [0.25, 0.3) is 0 Å². The second-order valence-electron chi connectivity index (χ2n) is 7.68. The zero-order valence-corrected chi connectivity index (χ0v) is 15.3. The molecule has 1 atom stereocenters. The van der Waals surface area contributed by atoms with E-state index in [9.17, 15) is 4.79 Å². The first kappa shape index (κ1) is 16.8. The van der Waals surface area contributed by atoms with E-state index in [0.29, 0.717) is 6.04 Å². The predicted octanol–water partition coefficient (Wildman–Crippen LogP) is 1.49. The number of hydrogen-bond donors (Lipinski definition) is 0. The summed E-state index contributed by atoms with van der Waals surface area (Å²) >= 11 is 0. The summed E-state index contributed by atoms with van der Waals surface area (Å²) in [5, 5.41) is 4.55. The monoisotopic (exact) mass is 346 g/mol.